The van der Waals surface area contributed by atoms with Gasteiger partial charge >= 0.3 is 0 Å². The standard InChI is InChI=1S/C48H56N8O9/c1-25-15-31(16-26(2)35(25)21-49)65-45-47(4,5)44(48(45,6)7)53-40(59)29-22-50-46(51-23-29)54-13-11-28(12-14-54)24-55(27(3)57)30-17-32(18-30)64-33-19-34-39(37(20-33)63-8)43(62)56(42(34)61)36-9-10-38(58)52-41(36)60/h15-16,19-20,22-23,28,30,32,36,44-45H,9-14,17-18,24H2,1-8H3,(H,53,59)(H,52,58,60)/t30?,32?,36-,44?,45?/m1/s1. The lowest BCUT2D eigenvalue weighted by atomic mass is 9.49. The zero-order valence-corrected chi connectivity index (χ0v) is 38.1. The molecule has 17 nitrogen and oxygen atoms in total. The van der Waals surface area contributed by atoms with Crippen LogP contribution in [0.25, 0.3) is 0 Å². The molecule has 1 aromatic heterocycles. The van der Waals surface area contributed by atoms with E-state index < -0.39 is 29.7 Å². The molecule has 4 heterocycles. The van der Waals surface area contributed by atoms with E-state index in [1.54, 1.807) is 25.4 Å². The Morgan fingerprint density at radius 2 is 1.55 bits per heavy atom. The number of fused-ring (bicyclic) bond motifs is 1. The van der Waals surface area contributed by atoms with Crippen molar-refractivity contribution in [2.75, 3.05) is 31.6 Å². The van der Waals surface area contributed by atoms with E-state index in [1.807, 2.05) is 30.9 Å². The third kappa shape index (κ3) is 8.23. The van der Waals surface area contributed by atoms with Crippen molar-refractivity contribution in [2.24, 2.45) is 16.7 Å². The largest absolute Gasteiger partial charge is 0.496 e. The van der Waals surface area contributed by atoms with Crippen molar-refractivity contribution in [3.05, 3.63) is 70.0 Å². The van der Waals surface area contributed by atoms with Crippen molar-refractivity contribution in [1.29, 1.82) is 5.26 Å². The highest BCUT2D eigenvalue weighted by Gasteiger charge is 2.64. The quantitative estimate of drug-likeness (QED) is 0.237. The van der Waals surface area contributed by atoms with E-state index in [9.17, 15) is 34.0 Å². The number of imide groups is 2. The van der Waals surface area contributed by atoms with Gasteiger partial charge in [0.25, 0.3) is 17.7 Å². The molecule has 2 saturated heterocycles. The number of nitriles is 1. The molecule has 1 atom stereocenters. The SMILES string of the molecule is COc1cc(OC2CC(N(CC3CCN(c4ncc(C(=O)NC5C(C)(C)C(Oc6cc(C)c(C#N)c(C)c6)C5(C)C)cn4)CC3)C(C)=O)C2)cc2c1C(=O)N([C@@H]1CCC(=O)NC1=O)C2=O. The Labute approximate surface area is 378 Å². The number of piperidine rings is 2. The Morgan fingerprint density at radius 1 is 0.923 bits per heavy atom. The van der Waals surface area contributed by atoms with Gasteiger partial charge in [0.1, 0.15) is 35.5 Å². The van der Waals surface area contributed by atoms with Gasteiger partial charge in [-0.15, -0.1) is 0 Å². The Morgan fingerprint density at radius 3 is 2.14 bits per heavy atom. The lowest BCUT2D eigenvalue weighted by Crippen LogP contribution is -2.74. The molecule has 3 aromatic rings. The summed E-state index contributed by atoms with van der Waals surface area (Å²) in [7, 11) is 1.39. The molecule has 2 N–H and O–H groups in total. The van der Waals surface area contributed by atoms with Crippen LogP contribution < -0.4 is 29.7 Å². The predicted octanol–water partition coefficient (Wildman–Crippen LogP) is 4.66. The lowest BCUT2D eigenvalue weighted by Gasteiger charge is -2.63. The highest BCUT2D eigenvalue weighted by atomic mass is 16.5. The first kappa shape index (κ1) is 45.0. The number of nitrogens with zero attached hydrogens (tertiary/aromatic N) is 6. The number of nitrogens with one attached hydrogen (secondary N) is 2. The highest BCUT2D eigenvalue weighted by Crippen LogP contribution is 2.55. The third-order valence-corrected chi connectivity index (χ3v) is 14.2. The molecule has 2 aromatic carbocycles. The monoisotopic (exact) mass is 888 g/mol. The van der Waals surface area contributed by atoms with Crippen molar-refractivity contribution in [3.8, 4) is 23.3 Å². The van der Waals surface area contributed by atoms with Gasteiger partial charge in [0, 0.05) is 87.2 Å². The minimum atomic E-state index is -1.10. The predicted molar refractivity (Wildman–Crippen MR) is 235 cm³/mol. The lowest BCUT2D eigenvalue weighted by molar-refractivity contribution is -0.164. The summed E-state index contributed by atoms with van der Waals surface area (Å²) in [5.74, 6) is -0.718. The Balaban J connectivity index is 0.814. The maximum absolute atomic E-state index is 13.5. The number of carbonyl (C=O) groups excluding carboxylic acids is 6. The van der Waals surface area contributed by atoms with Crippen LogP contribution in [0.3, 0.4) is 0 Å². The van der Waals surface area contributed by atoms with Gasteiger partial charge in [-0.25, -0.2) is 9.97 Å². The molecule has 0 radical (unpaired) electrons. The maximum atomic E-state index is 13.5. The van der Waals surface area contributed by atoms with E-state index in [2.05, 4.69) is 59.3 Å². The minimum absolute atomic E-state index is 0.0156. The van der Waals surface area contributed by atoms with E-state index in [1.165, 1.54) is 13.2 Å². The van der Waals surface area contributed by atoms with E-state index in [-0.39, 0.29) is 82.6 Å². The van der Waals surface area contributed by atoms with Crippen LogP contribution in [0.1, 0.15) is 121 Å². The summed E-state index contributed by atoms with van der Waals surface area (Å²) in [4.78, 5) is 91.6. The molecular weight excluding hydrogens is 833 g/mol. The van der Waals surface area contributed by atoms with Crippen LogP contribution in [0.15, 0.2) is 36.7 Å². The maximum Gasteiger partial charge on any atom is 0.266 e. The average Bonchev–Trinajstić information content (AvgIpc) is 3.50. The molecule has 5 aliphatic rings. The van der Waals surface area contributed by atoms with E-state index >= 15 is 0 Å². The number of carbonyl (C=O) groups is 6. The number of hydrogen-bond acceptors (Lipinski definition) is 13. The van der Waals surface area contributed by atoms with Crippen molar-refractivity contribution in [1.82, 2.24) is 30.4 Å². The number of aryl methyl sites for hydroxylation is 2. The Kier molecular flexibility index (Phi) is 11.8. The second-order valence-corrected chi connectivity index (χ2v) is 19.3. The van der Waals surface area contributed by atoms with Gasteiger partial charge in [0.15, 0.2) is 0 Å². The fourth-order valence-corrected chi connectivity index (χ4v) is 10.9. The van der Waals surface area contributed by atoms with Crippen LogP contribution in [-0.4, -0.2) is 112 Å². The number of rotatable bonds is 12. The van der Waals surface area contributed by atoms with E-state index in [0.717, 1.165) is 28.9 Å². The summed E-state index contributed by atoms with van der Waals surface area (Å²) in [5, 5.41) is 14.9. The van der Waals surface area contributed by atoms with Gasteiger partial charge in [0.05, 0.1) is 35.4 Å². The fraction of sp³-hybridized carbons (Fsp3) is 0.521. The molecule has 17 heteroatoms. The zero-order chi connectivity index (χ0) is 46.7. The van der Waals surface area contributed by atoms with Gasteiger partial charge < -0.3 is 29.3 Å². The molecular formula is C48H56N8O9. The van der Waals surface area contributed by atoms with Crippen LogP contribution >= 0.6 is 0 Å². The van der Waals surface area contributed by atoms with E-state index in [4.69, 9.17) is 14.2 Å². The summed E-state index contributed by atoms with van der Waals surface area (Å²) in [6.45, 7) is 15.7. The average molecular weight is 889 g/mol. The number of aromatic nitrogens is 2. The first-order valence-corrected chi connectivity index (χ1v) is 22.3. The summed E-state index contributed by atoms with van der Waals surface area (Å²) < 4.78 is 18.3. The second kappa shape index (κ2) is 17.1. The molecule has 342 valence electrons. The number of benzene rings is 2. The number of anilines is 1. The second-order valence-electron chi connectivity index (χ2n) is 19.3. The molecule has 65 heavy (non-hydrogen) atoms. The van der Waals surface area contributed by atoms with Crippen LogP contribution in [0.2, 0.25) is 0 Å². The molecule has 8 rings (SSSR count). The Bertz CT molecular complexity index is 2460. The molecule has 2 saturated carbocycles. The van der Waals surface area contributed by atoms with E-state index in [0.29, 0.717) is 61.1 Å². The van der Waals surface area contributed by atoms with Crippen LogP contribution in [0.4, 0.5) is 5.95 Å². The highest BCUT2D eigenvalue weighted by molar-refractivity contribution is 6.24. The molecule has 0 spiro atoms. The van der Waals surface area contributed by atoms with Crippen molar-refractivity contribution >= 4 is 41.4 Å². The number of amides is 6. The molecule has 2 aliphatic carbocycles. The topological polar surface area (TPSA) is 213 Å². The molecule has 4 fully saturated rings. The first-order valence-electron chi connectivity index (χ1n) is 22.3. The third-order valence-electron chi connectivity index (χ3n) is 14.2. The van der Waals surface area contributed by atoms with Crippen LogP contribution in [0, 0.1) is 41.9 Å². The molecule has 6 amide bonds. The normalized spacial score (nSPS) is 24.5. The number of hydrogen-bond donors (Lipinski definition) is 2. The summed E-state index contributed by atoms with van der Waals surface area (Å²) in [6.07, 6.45) is 5.60. The van der Waals surface area contributed by atoms with Crippen molar-refractivity contribution in [2.45, 2.75) is 117 Å². The van der Waals surface area contributed by atoms with Crippen LogP contribution in [-0.2, 0) is 14.4 Å². The molecule has 0 bridgehead atoms. The summed E-state index contributed by atoms with van der Waals surface area (Å²) in [5.41, 5.74) is 2.10. The van der Waals surface area contributed by atoms with Gasteiger partial charge in [-0.3, -0.25) is 39.0 Å². The smallest absolute Gasteiger partial charge is 0.266 e. The number of methoxy groups -OCH3 is 1. The van der Waals surface area contributed by atoms with Gasteiger partial charge in [-0.1, -0.05) is 27.7 Å². The fourth-order valence-electron chi connectivity index (χ4n) is 10.9. The van der Waals surface area contributed by atoms with Gasteiger partial charge in [0.2, 0.25) is 23.7 Å². The van der Waals surface area contributed by atoms with Crippen molar-refractivity contribution < 1.29 is 43.0 Å². The van der Waals surface area contributed by atoms with Gasteiger partial charge in [-0.05, 0) is 68.4 Å². The van der Waals surface area contributed by atoms with Crippen molar-refractivity contribution in [3.63, 3.8) is 0 Å². The van der Waals surface area contributed by atoms with Gasteiger partial charge in [-0.2, -0.15) is 5.26 Å². The minimum Gasteiger partial charge on any atom is -0.496 e. The Hall–Kier alpha value is -6.57. The summed E-state index contributed by atoms with van der Waals surface area (Å²) >= 11 is 0. The zero-order valence-electron chi connectivity index (χ0n) is 38.1. The molecule has 3 aliphatic heterocycles. The molecule has 0 unspecified atom stereocenters. The summed E-state index contributed by atoms with van der Waals surface area (Å²) in [6, 6.07) is 7.78. The van der Waals surface area contributed by atoms with Crippen LogP contribution in [0.5, 0.6) is 17.2 Å². The number of ether oxygens (including phenoxy) is 3. The first-order chi connectivity index (χ1) is 30.8.